The van der Waals surface area contributed by atoms with Crippen LogP contribution in [0.1, 0.15) is 0 Å². The molecule has 0 aliphatic carbocycles. The number of rotatable bonds is 3. The standard InChI is InChI=1S/C10H21N3/c1-11(2)7-10(8-12(3)4)9-13(5)6/h7-9H,1-6H3/q+2. The Kier molecular flexibility index (Phi) is 5.04. The molecule has 0 aromatic carbocycles. The summed E-state index contributed by atoms with van der Waals surface area (Å²) in [5.41, 5.74) is 1.18. The molecule has 0 unspecified atom stereocenters. The lowest BCUT2D eigenvalue weighted by atomic mass is 10.3. The molecular weight excluding hydrogens is 162 g/mol. The number of allylic oxidation sites excluding steroid dienone is 1. The van der Waals surface area contributed by atoms with Gasteiger partial charge in [0.1, 0.15) is 33.8 Å². The van der Waals surface area contributed by atoms with Gasteiger partial charge in [-0.1, -0.05) is 0 Å². The molecule has 13 heavy (non-hydrogen) atoms. The van der Waals surface area contributed by atoms with E-state index in [9.17, 15) is 0 Å². The molecule has 3 nitrogen and oxygen atoms in total. The zero-order valence-electron chi connectivity index (χ0n) is 9.57. The fraction of sp³-hybridized carbons (Fsp3) is 0.600. The number of nitrogens with zero attached hydrogens (tertiary/aromatic N) is 3. The van der Waals surface area contributed by atoms with Crippen LogP contribution in [0.25, 0.3) is 0 Å². The average molecular weight is 183 g/mol. The summed E-state index contributed by atoms with van der Waals surface area (Å²) < 4.78 is 4.07. The first-order valence-corrected chi connectivity index (χ1v) is 4.32. The van der Waals surface area contributed by atoms with Crippen LogP contribution in [0.5, 0.6) is 0 Å². The average Bonchev–Trinajstić information content (AvgIpc) is 1.80. The van der Waals surface area contributed by atoms with Gasteiger partial charge in [0, 0.05) is 20.3 Å². The van der Waals surface area contributed by atoms with E-state index in [0.717, 1.165) is 0 Å². The monoisotopic (exact) mass is 183 g/mol. The van der Waals surface area contributed by atoms with Crippen molar-refractivity contribution in [3.63, 3.8) is 0 Å². The van der Waals surface area contributed by atoms with Crippen molar-refractivity contribution in [1.82, 2.24) is 4.90 Å². The quantitative estimate of drug-likeness (QED) is 0.446. The smallest absolute Gasteiger partial charge is 0.177 e. The van der Waals surface area contributed by atoms with E-state index in [4.69, 9.17) is 0 Å². The Morgan fingerprint density at radius 1 is 0.923 bits per heavy atom. The third kappa shape index (κ3) is 7.25. The van der Waals surface area contributed by atoms with Crippen molar-refractivity contribution in [2.45, 2.75) is 0 Å². The third-order valence-corrected chi connectivity index (χ3v) is 1.22. The molecule has 0 rings (SSSR count). The van der Waals surface area contributed by atoms with Crippen LogP contribution in [0.3, 0.4) is 0 Å². The van der Waals surface area contributed by atoms with Gasteiger partial charge in [0.2, 0.25) is 0 Å². The summed E-state index contributed by atoms with van der Waals surface area (Å²) in [6, 6.07) is 0. The minimum Gasteiger partial charge on any atom is -0.383 e. The molecule has 0 saturated carbocycles. The van der Waals surface area contributed by atoms with Crippen LogP contribution in [0, 0.1) is 0 Å². The molecule has 0 amide bonds. The molecule has 0 N–H and O–H groups in total. The molecule has 0 saturated heterocycles. The first-order valence-electron chi connectivity index (χ1n) is 4.32. The molecule has 74 valence electrons. The van der Waals surface area contributed by atoms with E-state index in [1.807, 2.05) is 56.3 Å². The predicted molar refractivity (Wildman–Crippen MR) is 58.1 cm³/mol. The lowest BCUT2D eigenvalue weighted by molar-refractivity contribution is -0.462. The Labute approximate surface area is 81.3 Å². The van der Waals surface area contributed by atoms with Crippen LogP contribution in [0.15, 0.2) is 11.8 Å². The maximum Gasteiger partial charge on any atom is 0.177 e. The molecule has 0 aromatic rings. The zero-order valence-corrected chi connectivity index (χ0v) is 9.57. The van der Waals surface area contributed by atoms with Gasteiger partial charge in [-0.2, -0.15) is 0 Å². The Morgan fingerprint density at radius 2 is 1.31 bits per heavy atom. The van der Waals surface area contributed by atoms with Crippen LogP contribution in [0.4, 0.5) is 0 Å². The molecule has 0 aromatic heterocycles. The molecule has 0 spiro atoms. The summed E-state index contributed by atoms with van der Waals surface area (Å²) in [7, 11) is 12.1. The molecule has 0 bridgehead atoms. The van der Waals surface area contributed by atoms with E-state index in [2.05, 4.69) is 18.6 Å². The summed E-state index contributed by atoms with van der Waals surface area (Å²) >= 11 is 0. The van der Waals surface area contributed by atoms with E-state index in [1.54, 1.807) is 0 Å². The normalized spacial score (nSPS) is 8.77. The van der Waals surface area contributed by atoms with Gasteiger partial charge in [-0.15, -0.1) is 0 Å². The minimum absolute atomic E-state index is 1.18. The predicted octanol–water partition coefficient (Wildman–Crippen LogP) is 0.118. The summed E-state index contributed by atoms with van der Waals surface area (Å²) in [6.45, 7) is 0. The van der Waals surface area contributed by atoms with Crippen LogP contribution < -0.4 is 0 Å². The van der Waals surface area contributed by atoms with Gasteiger partial charge in [-0.25, -0.2) is 9.15 Å². The highest BCUT2D eigenvalue weighted by molar-refractivity contribution is 5.99. The van der Waals surface area contributed by atoms with E-state index < -0.39 is 0 Å². The lowest BCUT2D eigenvalue weighted by Crippen LogP contribution is -2.11. The Morgan fingerprint density at radius 3 is 1.54 bits per heavy atom. The van der Waals surface area contributed by atoms with Gasteiger partial charge in [-0.3, -0.25) is 0 Å². The highest BCUT2D eigenvalue weighted by Crippen LogP contribution is 1.87. The Balaban J connectivity index is 4.78. The summed E-state index contributed by atoms with van der Waals surface area (Å²) in [5, 5.41) is 0. The summed E-state index contributed by atoms with van der Waals surface area (Å²) in [4.78, 5) is 2.04. The van der Waals surface area contributed by atoms with Crippen LogP contribution in [0.2, 0.25) is 0 Å². The highest BCUT2D eigenvalue weighted by Gasteiger charge is 1.99. The second kappa shape index (κ2) is 5.51. The van der Waals surface area contributed by atoms with Gasteiger partial charge in [0.25, 0.3) is 0 Å². The van der Waals surface area contributed by atoms with Gasteiger partial charge in [0.15, 0.2) is 12.4 Å². The molecule has 0 fully saturated rings. The number of hydrogen-bond acceptors (Lipinski definition) is 1. The highest BCUT2D eigenvalue weighted by atomic mass is 15.0. The van der Waals surface area contributed by atoms with Crippen molar-refractivity contribution < 1.29 is 9.15 Å². The first kappa shape index (κ1) is 11.9. The van der Waals surface area contributed by atoms with Gasteiger partial charge < -0.3 is 4.90 Å². The molecule has 3 heteroatoms. The maximum absolute atomic E-state index is 2.08. The van der Waals surface area contributed by atoms with E-state index in [1.165, 1.54) is 5.57 Å². The molecule has 0 aliphatic heterocycles. The van der Waals surface area contributed by atoms with Crippen molar-refractivity contribution in [1.29, 1.82) is 0 Å². The summed E-state index contributed by atoms with van der Waals surface area (Å²) in [6.07, 6.45) is 6.25. The first-order chi connectivity index (χ1) is 5.91. The summed E-state index contributed by atoms with van der Waals surface area (Å²) in [5.74, 6) is 0. The van der Waals surface area contributed by atoms with Gasteiger partial charge >= 0.3 is 0 Å². The van der Waals surface area contributed by atoms with E-state index >= 15 is 0 Å². The second-order valence-electron chi connectivity index (χ2n) is 3.78. The Bertz CT molecular complexity index is 219. The second-order valence-corrected chi connectivity index (χ2v) is 3.78. The maximum atomic E-state index is 2.08. The van der Waals surface area contributed by atoms with Gasteiger partial charge in [0.05, 0.1) is 0 Å². The zero-order chi connectivity index (χ0) is 10.4. The van der Waals surface area contributed by atoms with E-state index in [-0.39, 0.29) is 0 Å². The van der Waals surface area contributed by atoms with Crippen molar-refractivity contribution in [3.05, 3.63) is 11.8 Å². The fourth-order valence-corrected chi connectivity index (χ4v) is 0.994. The van der Waals surface area contributed by atoms with Crippen molar-refractivity contribution in [3.8, 4) is 0 Å². The molecule has 0 aliphatic rings. The van der Waals surface area contributed by atoms with Crippen molar-refractivity contribution in [2.75, 3.05) is 42.3 Å². The minimum atomic E-state index is 1.18. The molecular formula is C10H21N3+2. The van der Waals surface area contributed by atoms with Crippen molar-refractivity contribution in [2.24, 2.45) is 0 Å². The Hall–Kier alpha value is -1.12. The molecule has 0 atom stereocenters. The van der Waals surface area contributed by atoms with Crippen LogP contribution in [-0.4, -0.2) is 68.8 Å². The number of hydrogen-bond donors (Lipinski definition) is 0. The molecule has 0 heterocycles. The van der Waals surface area contributed by atoms with Crippen molar-refractivity contribution >= 4 is 12.4 Å². The fourth-order valence-electron chi connectivity index (χ4n) is 0.994. The topological polar surface area (TPSA) is 9.26 Å². The van der Waals surface area contributed by atoms with Gasteiger partial charge in [-0.05, 0) is 0 Å². The molecule has 0 radical (unpaired) electrons. The largest absolute Gasteiger partial charge is 0.383 e. The van der Waals surface area contributed by atoms with E-state index in [0.29, 0.717) is 0 Å². The SMILES string of the molecule is CN(C)C=C(C=[N+](C)C)C=[N+](C)C. The van der Waals surface area contributed by atoms with Crippen LogP contribution in [-0.2, 0) is 0 Å². The lowest BCUT2D eigenvalue weighted by Gasteiger charge is -2.03. The van der Waals surface area contributed by atoms with Crippen LogP contribution >= 0.6 is 0 Å². The third-order valence-electron chi connectivity index (χ3n) is 1.22.